The van der Waals surface area contributed by atoms with Gasteiger partial charge in [0.2, 0.25) is 5.91 Å². The molecule has 15 heavy (non-hydrogen) atoms. The average Bonchev–Trinajstić information content (AvgIpc) is 2.68. The second-order valence-corrected chi connectivity index (χ2v) is 4.28. The first-order valence-corrected chi connectivity index (χ1v) is 5.47. The Morgan fingerprint density at radius 2 is 2.13 bits per heavy atom. The topological polar surface area (TPSA) is 66.4 Å². The number of rotatable bonds is 4. The fraction of sp³-hybridized carbons (Fsp3) is 0.400. The summed E-state index contributed by atoms with van der Waals surface area (Å²) < 4.78 is 0. The van der Waals surface area contributed by atoms with Crippen LogP contribution in [-0.4, -0.2) is 23.0 Å². The van der Waals surface area contributed by atoms with Crippen LogP contribution in [0.5, 0.6) is 0 Å². The van der Waals surface area contributed by atoms with E-state index in [1.54, 1.807) is 6.92 Å². The molecule has 4 nitrogen and oxygen atoms in total. The number of nitrogens with one attached hydrogen (secondary N) is 1. The predicted molar refractivity (Wildman–Crippen MR) is 58.0 cm³/mol. The van der Waals surface area contributed by atoms with E-state index in [-0.39, 0.29) is 11.8 Å². The summed E-state index contributed by atoms with van der Waals surface area (Å²) >= 11 is 1.49. The second kappa shape index (κ2) is 4.93. The molecule has 0 aromatic carbocycles. The summed E-state index contributed by atoms with van der Waals surface area (Å²) in [6, 6.07) is 2.88. The van der Waals surface area contributed by atoms with Gasteiger partial charge in [-0.25, -0.2) is 0 Å². The minimum atomic E-state index is -1.03. The predicted octanol–water partition coefficient (Wildman–Crippen LogP) is 1.44. The van der Waals surface area contributed by atoms with E-state index >= 15 is 0 Å². The van der Waals surface area contributed by atoms with Crippen LogP contribution in [0.2, 0.25) is 0 Å². The summed E-state index contributed by atoms with van der Waals surface area (Å²) in [6.07, 6.45) is 0. The number of hydrogen-bond donors (Lipinski definition) is 2. The van der Waals surface area contributed by atoms with E-state index in [4.69, 9.17) is 5.11 Å². The van der Waals surface area contributed by atoms with Crippen LogP contribution in [0.4, 0.5) is 0 Å². The molecular formula is C10H13NO3S. The highest BCUT2D eigenvalue weighted by Gasteiger charge is 2.20. The maximum atomic E-state index is 11.6. The van der Waals surface area contributed by atoms with Gasteiger partial charge in [-0.1, -0.05) is 6.07 Å². The zero-order valence-corrected chi connectivity index (χ0v) is 9.38. The van der Waals surface area contributed by atoms with Gasteiger partial charge in [0.05, 0.1) is 5.92 Å². The second-order valence-electron chi connectivity index (χ2n) is 3.31. The van der Waals surface area contributed by atoms with Gasteiger partial charge in [-0.15, -0.1) is 11.3 Å². The minimum absolute atomic E-state index is 0.257. The van der Waals surface area contributed by atoms with Crippen LogP contribution >= 0.6 is 11.3 Å². The number of aliphatic carboxylic acids is 1. The van der Waals surface area contributed by atoms with Crippen LogP contribution in [0.25, 0.3) is 0 Å². The monoisotopic (exact) mass is 227 g/mol. The summed E-state index contributed by atoms with van der Waals surface area (Å²) in [6.45, 7) is 3.21. The lowest BCUT2D eigenvalue weighted by Gasteiger charge is -2.13. The van der Waals surface area contributed by atoms with E-state index in [2.05, 4.69) is 5.32 Å². The molecule has 2 atom stereocenters. The highest BCUT2D eigenvalue weighted by molar-refractivity contribution is 7.10. The minimum Gasteiger partial charge on any atom is -0.480 e. The molecule has 0 fully saturated rings. The Morgan fingerprint density at radius 3 is 2.60 bits per heavy atom. The molecule has 0 aliphatic heterocycles. The van der Waals surface area contributed by atoms with Gasteiger partial charge in [-0.3, -0.25) is 9.59 Å². The largest absolute Gasteiger partial charge is 0.480 e. The Kier molecular flexibility index (Phi) is 3.85. The quantitative estimate of drug-likeness (QED) is 0.818. The van der Waals surface area contributed by atoms with Gasteiger partial charge in [-0.2, -0.15) is 0 Å². The maximum absolute atomic E-state index is 11.6. The average molecular weight is 227 g/mol. The van der Waals surface area contributed by atoms with Gasteiger partial charge in [-0.05, 0) is 25.3 Å². The van der Waals surface area contributed by atoms with E-state index < -0.39 is 12.0 Å². The van der Waals surface area contributed by atoms with Gasteiger partial charge < -0.3 is 10.4 Å². The fourth-order valence-electron chi connectivity index (χ4n) is 1.07. The van der Waals surface area contributed by atoms with E-state index in [0.29, 0.717) is 0 Å². The molecule has 1 heterocycles. The Hall–Kier alpha value is -1.36. The van der Waals surface area contributed by atoms with Crippen LogP contribution in [0, 0.1) is 0 Å². The molecule has 5 heteroatoms. The first-order valence-electron chi connectivity index (χ1n) is 4.59. The van der Waals surface area contributed by atoms with Gasteiger partial charge in [0, 0.05) is 4.88 Å². The summed E-state index contributed by atoms with van der Waals surface area (Å²) in [5.41, 5.74) is 0. The molecule has 0 spiro atoms. The number of hydrogen-bond acceptors (Lipinski definition) is 3. The lowest BCUT2D eigenvalue weighted by atomic mass is 10.1. The molecule has 0 aliphatic rings. The number of carbonyl (C=O) groups excluding carboxylic acids is 1. The smallest absolute Gasteiger partial charge is 0.325 e. The van der Waals surface area contributed by atoms with E-state index in [1.807, 2.05) is 17.5 Å². The van der Waals surface area contributed by atoms with Crippen LogP contribution < -0.4 is 5.32 Å². The van der Waals surface area contributed by atoms with Crippen molar-refractivity contribution in [2.45, 2.75) is 25.8 Å². The SMILES string of the molecule is CC(NC(=O)C(C)c1cccs1)C(=O)O. The van der Waals surface area contributed by atoms with Gasteiger partial charge in [0.25, 0.3) is 0 Å². The number of carboxylic acids is 1. The van der Waals surface area contributed by atoms with Crippen LogP contribution in [0.1, 0.15) is 24.6 Å². The van der Waals surface area contributed by atoms with Crippen molar-refractivity contribution in [1.82, 2.24) is 5.32 Å². The van der Waals surface area contributed by atoms with Crippen molar-refractivity contribution in [3.05, 3.63) is 22.4 Å². The molecule has 2 unspecified atom stereocenters. The molecule has 2 N–H and O–H groups in total. The number of thiophene rings is 1. The Bertz CT molecular complexity index is 348. The number of carboxylic acid groups (broad SMARTS) is 1. The normalized spacial score (nSPS) is 14.3. The molecule has 0 saturated heterocycles. The molecular weight excluding hydrogens is 214 g/mol. The van der Waals surface area contributed by atoms with Crippen molar-refractivity contribution in [2.24, 2.45) is 0 Å². The number of amides is 1. The summed E-state index contributed by atoms with van der Waals surface area (Å²) in [4.78, 5) is 23.1. The molecule has 1 amide bonds. The molecule has 1 rings (SSSR count). The molecule has 82 valence electrons. The van der Waals surface area contributed by atoms with Crippen LogP contribution in [0.15, 0.2) is 17.5 Å². The molecule has 0 aliphatic carbocycles. The third-order valence-electron chi connectivity index (χ3n) is 2.09. The van der Waals surface area contributed by atoms with E-state index in [9.17, 15) is 9.59 Å². The lowest BCUT2D eigenvalue weighted by Crippen LogP contribution is -2.40. The fourth-order valence-corrected chi connectivity index (χ4v) is 1.85. The molecule has 0 radical (unpaired) electrons. The van der Waals surface area contributed by atoms with Crippen molar-refractivity contribution in [1.29, 1.82) is 0 Å². The molecule has 1 aromatic heterocycles. The Labute approximate surface area is 91.9 Å². The summed E-state index contributed by atoms with van der Waals surface area (Å²) in [5, 5.41) is 13.0. The van der Waals surface area contributed by atoms with Crippen LogP contribution in [0.3, 0.4) is 0 Å². The standard InChI is InChI=1S/C10H13NO3S/c1-6(8-4-3-5-15-8)9(12)11-7(2)10(13)14/h3-7H,1-2H3,(H,11,12)(H,13,14). The highest BCUT2D eigenvalue weighted by Crippen LogP contribution is 2.20. The highest BCUT2D eigenvalue weighted by atomic mass is 32.1. The summed E-state index contributed by atoms with van der Waals surface area (Å²) in [5.74, 6) is -1.58. The Morgan fingerprint density at radius 1 is 1.47 bits per heavy atom. The van der Waals surface area contributed by atoms with E-state index in [1.165, 1.54) is 18.3 Å². The third kappa shape index (κ3) is 3.06. The first-order chi connectivity index (χ1) is 7.02. The molecule has 1 aromatic rings. The van der Waals surface area contributed by atoms with E-state index in [0.717, 1.165) is 4.88 Å². The van der Waals surface area contributed by atoms with Crippen molar-refractivity contribution in [2.75, 3.05) is 0 Å². The molecule has 0 bridgehead atoms. The lowest BCUT2D eigenvalue weighted by molar-refractivity contribution is -0.141. The maximum Gasteiger partial charge on any atom is 0.325 e. The third-order valence-corrected chi connectivity index (χ3v) is 3.15. The van der Waals surface area contributed by atoms with Gasteiger partial charge in [0.15, 0.2) is 0 Å². The summed E-state index contributed by atoms with van der Waals surface area (Å²) in [7, 11) is 0. The van der Waals surface area contributed by atoms with Crippen molar-refractivity contribution < 1.29 is 14.7 Å². The van der Waals surface area contributed by atoms with Crippen molar-refractivity contribution in [3.8, 4) is 0 Å². The molecule has 0 saturated carbocycles. The number of carbonyl (C=O) groups is 2. The van der Waals surface area contributed by atoms with Gasteiger partial charge in [0.1, 0.15) is 6.04 Å². The van der Waals surface area contributed by atoms with Crippen molar-refractivity contribution in [3.63, 3.8) is 0 Å². The zero-order chi connectivity index (χ0) is 11.4. The van der Waals surface area contributed by atoms with Crippen molar-refractivity contribution >= 4 is 23.2 Å². The Balaban J connectivity index is 2.58. The van der Waals surface area contributed by atoms with Gasteiger partial charge >= 0.3 is 5.97 Å². The van der Waals surface area contributed by atoms with Crippen LogP contribution in [-0.2, 0) is 9.59 Å². The zero-order valence-electron chi connectivity index (χ0n) is 8.56. The first kappa shape index (κ1) is 11.7.